The van der Waals surface area contributed by atoms with E-state index in [-0.39, 0.29) is 24.3 Å². The monoisotopic (exact) mass is 502 g/mol. The third-order valence-electron chi connectivity index (χ3n) is 6.39. The number of aromatic nitrogens is 3. The van der Waals surface area contributed by atoms with Crippen molar-refractivity contribution in [2.24, 2.45) is 0 Å². The van der Waals surface area contributed by atoms with Gasteiger partial charge >= 0.3 is 0 Å². The summed E-state index contributed by atoms with van der Waals surface area (Å²) in [6.07, 6.45) is 6.47. The van der Waals surface area contributed by atoms with Crippen molar-refractivity contribution < 1.29 is 14.6 Å². The van der Waals surface area contributed by atoms with E-state index in [2.05, 4.69) is 37.5 Å². The maximum Gasteiger partial charge on any atom is 0.229 e. The number of pyridine rings is 1. The van der Waals surface area contributed by atoms with Crippen LogP contribution in [0.4, 0.5) is 29.0 Å². The minimum absolute atomic E-state index is 0.0455. The Hall–Kier alpha value is -3.98. The van der Waals surface area contributed by atoms with Crippen LogP contribution < -0.4 is 20.7 Å². The zero-order valence-electron chi connectivity index (χ0n) is 21.5. The molecular formula is C28H34N6O3. The van der Waals surface area contributed by atoms with Crippen molar-refractivity contribution in [1.29, 1.82) is 0 Å². The first-order valence-electron chi connectivity index (χ1n) is 12.5. The SMILES string of the molecule is C=CC(=O)Cc1cc(C)ccc1Nc1nc(Nc2cc(NC3CCC(O)CC3)nc(OC)c2)ncc1C. The summed E-state index contributed by atoms with van der Waals surface area (Å²) in [5, 5.41) is 19.9. The highest BCUT2D eigenvalue weighted by Crippen LogP contribution is 2.28. The number of hydrogen-bond acceptors (Lipinski definition) is 9. The molecule has 0 unspecified atom stereocenters. The van der Waals surface area contributed by atoms with Crippen LogP contribution in [0.5, 0.6) is 5.88 Å². The number of hydrogen-bond donors (Lipinski definition) is 4. The molecular weight excluding hydrogens is 468 g/mol. The number of methoxy groups -OCH3 is 1. The van der Waals surface area contributed by atoms with Gasteiger partial charge in [-0.3, -0.25) is 4.79 Å². The van der Waals surface area contributed by atoms with Crippen LogP contribution in [-0.2, 0) is 11.2 Å². The van der Waals surface area contributed by atoms with Gasteiger partial charge in [-0.25, -0.2) is 4.98 Å². The second kappa shape index (κ2) is 11.8. The Morgan fingerprint density at radius 1 is 1.14 bits per heavy atom. The van der Waals surface area contributed by atoms with Crippen LogP contribution in [0.15, 0.2) is 49.2 Å². The number of allylic oxidation sites excluding steroid dienone is 1. The van der Waals surface area contributed by atoms with Gasteiger partial charge in [0.25, 0.3) is 0 Å². The molecule has 2 aromatic heterocycles. The molecule has 1 saturated carbocycles. The molecule has 37 heavy (non-hydrogen) atoms. The third kappa shape index (κ3) is 7.04. The molecule has 0 bridgehead atoms. The van der Waals surface area contributed by atoms with E-state index in [4.69, 9.17) is 4.74 Å². The Kier molecular flexibility index (Phi) is 8.35. The van der Waals surface area contributed by atoms with Crippen molar-refractivity contribution in [3.8, 4) is 5.88 Å². The van der Waals surface area contributed by atoms with Crippen molar-refractivity contribution in [3.63, 3.8) is 0 Å². The summed E-state index contributed by atoms with van der Waals surface area (Å²) in [7, 11) is 1.58. The van der Waals surface area contributed by atoms with E-state index >= 15 is 0 Å². The van der Waals surface area contributed by atoms with Gasteiger partial charge in [0.05, 0.1) is 13.2 Å². The molecule has 0 saturated heterocycles. The van der Waals surface area contributed by atoms with Crippen LogP contribution in [0.2, 0.25) is 0 Å². The minimum Gasteiger partial charge on any atom is -0.481 e. The van der Waals surface area contributed by atoms with Gasteiger partial charge in [0, 0.05) is 47.7 Å². The molecule has 0 aliphatic heterocycles. The van der Waals surface area contributed by atoms with Gasteiger partial charge in [-0.2, -0.15) is 9.97 Å². The molecule has 194 valence electrons. The fraction of sp³-hybridized carbons (Fsp3) is 0.357. The van der Waals surface area contributed by atoms with Gasteiger partial charge in [0.2, 0.25) is 11.8 Å². The predicted octanol–water partition coefficient (Wildman–Crippen LogP) is 5.00. The quantitative estimate of drug-likeness (QED) is 0.284. The number of aryl methyl sites for hydroxylation is 2. The van der Waals surface area contributed by atoms with Crippen LogP contribution in [0.1, 0.15) is 42.4 Å². The van der Waals surface area contributed by atoms with Crippen molar-refractivity contribution in [3.05, 3.63) is 65.9 Å². The zero-order chi connectivity index (χ0) is 26.4. The maximum absolute atomic E-state index is 12.0. The van der Waals surface area contributed by atoms with Crippen LogP contribution >= 0.6 is 0 Å². The standard InChI is InChI=1S/C28H34N6O3/c1-5-22(35)13-19-12-17(2)6-11-24(19)32-27-18(3)16-29-28(34-27)31-21-14-25(33-26(15-21)37-4)30-20-7-9-23(36)10-8-20/h5-6,11-12,14-16,20,23,36H,1,7-10,13H2,2-4H3,(H3,29,30,31,32,33,34). The van der Waals surface area contributed by atoms with Crippen LogP contribution in [-0.4, -0.2) is 45.1 Å². The lowest BCUT2D eigenvalue weighted by atomic mass is 9.93. The number of carbonyl (C=O) groups is 1. The summed E-state index contributed by atoms with van der Waals surface area (Å²) in [4.78, 5) is 25.7. The number of nitrogens with one attached hydrogen (secondary N) is 3. The molecule has 9 heteroatoms. The first kappa shape index (κ1) is 26.1. The van der Waals surface area contributed by atoms with Crippen molar-refractivity contribution >= 4 is 34.7 Å². The smallest absolute Gasteiger partial charge is 0.229 e. The average Bonchev–Trinajstić information content (AvgIpc) is 2.88. The zero-order valence-corrected chi connectivity index (χ0v) is 21.5. The Balaban J connectivity index is 1.54. The maximum atomic E-state index is 12.0. The Labute approximate surface area is 217 Å². The number of aliphatic hydroxyl groups is 1. The van der Waals surface area contributed by atoms with Crippen LogP contribution in [0.3, 0.4) is 0 Å². The molecule has 1 aliphatic carbocycles. The number of rotatable bonds is 10. The van der Waals surface area contributed by atoms with E-state index in [0.717, 1.165) is 53.7 Å². The van der Waals surface area contributed by atoms with Gasteiger partial charge in [-0.15, -0.1) is 0 Å². The molecule has 3 aromatic rings. The van der Waals surface area contributed by atoms with E-state index < -0.39 is 0 Å². The fourth-order valence-corrected chi connectivity index (χ4v) is 4.32. The summed E-state index contributed by atoms with van der Waals surface area (Å²) in [5.41, 5.74) is 4.35. The van der Waals surface area contributed by atoms with Crippen molar-refractivity contribution in [1.82, 2.24) is 15.0 Å². The molecule has 0 amide bonds. The average molecular weight is 503 g/mol. The normalized spacial score (nSPS) is 17.1. The Bertz CT molecular complexity index is 1270. The Morgan fingerprint density at radius 2 is 1.92 bits per heavy atom. The molecule has 0 atom stereocenters. The lowest BCUT2D eigenvalue weighted by molar-refractivity contribution is -0.114. The lowest BCUT2D eigenvalue weighted by Crippen LogP contribution is -2.28. The number of nitrogens with zero attached hydrogens (tertiary/aromatic N) is 3. The number of ketones is 1. The third-order valence-corrected chi connectivity index (χ3v) is 6.39. The predicted molar refractivity (Wildman–Crippen MR) is 146 cm³/mol. The summed E-state index contributed by atoms with van der Waals surface area (Å²) in [5.74, 6) is 2.14. The number of ether oxygens (including phenoxy) is 1. The fourth-order valence-electron chi connectivity index (χ4n) is 4.32. The van der Waals surface area contributed by atoms with Crippen molar-refractivity contribution in [2.75, 3.05) is 23.1 Å². The highest BCUT2D eigenvalue weighted by molar-refractivity contribution is 5.92. The van der Waals surface area contributed by atoms with Gasteiger partial charge in [-0.1, -0.05) is 24.3 Å². The molecule has 0 radical (unpaired) electrons. The van der Waals surface area contributed by atoms with Gasteiger partial charge < -0.3 is 25.8 Å². The molecule has 0 spiro atoms. The summed E-state index contributed by atoms with van der Waals surface area (Å²) in [6.45, 7) is 7.50. The van der Waals surface area contributed by atoms with E-state index in [9.17, 15) is 9.90 Å². The first-order valence-corrected chi connectivity index (χ1v) is 12.5. The Morgan fingerprint density at radius 3 is 2.65 bits per heavy atom. The summed E-state index contributed by atoms with van der Waals surface area (Å²) >= 11 is 0. The lowest BCUT2D eigenvalue weighted by Gasteiger charge is -2.26. The van der Waals surface area contributed by atoms with Gasteiger partial charge in [-0.05, 0) is 57.2 Å². The highest BCUT2D eigenvalue weighted by Gasteiger charge is 2.20. The number of carbonyl (C=O) groups excluding carboxylic acids is 1. The molecule has 1 aromatic carbocycles. The number of benzene rings is 1. The number of anilines is 5. The van der Waals surface area contributed by atoms with E-state index in [1.165, 1.54) is 6.08 Å². The molecule has 9 nitrogen and oxygen atoms in total. The summed E-state index contributed by atoms with van der Waals surface area (Å²) < 4.78 is 5.41. The molecule has 4 N–H and O–H groups in total. The molecule has 2 heterocycles. The van der Waals surface area contributed by atoms with Gasteiger partial charge in [0.1, 0.15) is 11.6 Å². The summed E-state index contributed by atoms with van der Waals surface area (Å²) in [6, 6.07) is 9.85. The van der Waals surface area contributed by atoms with Gasteiger partial charge in [0.15, 0.2) is 5.78 Å². The van der Waals surface area contributed by atoms with E-state index in [1.54, 1.807) is 19.4 Å². The molecule has 1 aliphatic rings. The second-order valence-corrected chi connectivity index (χ2v) is 9.42. The van der Waals surface area contributed by atoms with Crippen molar-refractivity contribution in [2.45, 2.75) is 58.1 Å². The van der Waals surface area contributed by atoms with Crippen LogP contribution in [0, 0.1) is 13.8 Å². The molecule has 1 fully saturated rings. The van der Waals surface area contributed by atoms with E-state index in [0.29, 0.717) is 23.5 Å². The first-order chi connectivity index (χ1) is 17.8. The topological polar surface area (TPSA) is 121 Å². The minimum atomic E-state index is -0.214. The van der Waals surface area contributed by atoms with E-state index in [1.807, 2.05) is 38.1 Å². The number of aliphatic hydroxyl groups excluding tert-OH is 1. The second-order valence-electron chi connectivity index (χ2n) is 9.42. The van der Waals surface area contributed by atoms with Crippen LogP contribution in [0.25, 0.3) is 0 Å². The molecule has 4 rings (SSSR count). The highest BCUT2D eigenvalue weighted by atomic mass is 16.5. The largest absolute Gasteiger partial charge is 0.481 e.